The maximum atomic E-state index is 9.86. The molecule has 3 N–H and O–H groups in total. The standard InChI is InChI=1S/C11H9BrClNOS/c12-6-4-7(11(15)8(13)5-6)10(14)9-2-1-3-16-9/h1-5,10,15H,14H2/t10-/m1/s1. The minimum absolute atomic E-state index is 0.0470. The summed E-state index contributed by atoms with van der Waals surface area (Å²) in [4.78, 5) is 0.990. The Morgan fingerprint density at radius 1 is 1.44 bits per heavy atom. The molecule has 0 amide bonds. The normalized spacial score (nSPS) is 12.7. The number of aromatic hydroxyl groups is 1. The van der Waals surface area contributed by atoms with E-state index in [0.29, 0.717) is 10.6 Å². The van der Waals surface area contributed by atoms with Crippen LogP contribution >= 0.6 is 38.9 Å². The number of rotatable bonds is 2. The fourth-order valence-corrected chi connectivity index (χ4v) is 3.02. The van der Waals surface area contributed by atoms with E-state index in [-0.39, 0.29) is 11.8 Å². The Kier molecular flexibility index (Phi) is 3.54. The molecule has 0 fully saturated rings. The molecule has 1 aromatic heterocycles. The Bertz CT molecular complexity index is 501. The molecular formula is C11H9BrClNOS. The maximum Gasteiger partial charge on any atom is 0.139 e. The van der Waals surface area contributed by atoms with Crippen LogP contribution in [0.15, 0.2) is 34.1 Å². The quantitative estimate of drug-likeness (QED) is 0.881. The largest absolute Gasteiger partial charge is 0.506 e. The molecule has 0 aliphatic rings. The number of benzene rings is 1. The van der Waals surface area contributed by atoms with Crippen molar-refractivity contribution in [2.75, 3.05) is 0 Å². The summed E-state index contributed by atoms with van der Waals surface area (Å²) >= 11 is 10.8. The predicted molar refractivity (Wildman–Crippen MR) is 71.2 cm³/mol. The van der Waals surface area contributed by atoms with E-state index in [4.69, 9.17) is 17.3 Å². The van der Waals surface area contributed by atoms with Crippen LogP contribution in [-0.4, -0.2) is 5.11 Å². The molecule has 1 aromatic carbocycles. The molecule has 0 unspecified atom stereocenters. The number of nitrogens with two attached hydrogens (primary N) is 1. The van der Waals surface area contributed by atoms with Gasteiger partial charge < -0.3 is 10.8 Å². The van der Waals surface area contributed by atoms with E-state index >= 15 is 0 Å². The van der Waals surface area contributed by atoms with Gasteiger partial charge in [0.15, 0.2) is 0 Å². The van der Waals surface area contributed by atoms with Crippen molar-refractivity contribution in [2.24, 2.45) is 5.73 Å². The molecule has 2 aromatic rings. The van der Waals surface area contributed by atoms with Crippen molar-refractivity contribution in [3.8, 4) is 5.75 Å². The van der Waals surface area contributed by atoms with Gasteiger partial charge in [-0.3, -0.25) is 0 Å². The molecule has 16 heavy (non-hydrogen) atoms. The van der Waals surface area contributed by atoms with Gasteiger partial charge >= 0.3 is 0 Å². The molecule has 2 rings (SSSR count). The first-order chi connectivity index (χ1) is 7.59. The number of hydrogen-bond donors (Lipinski definition) is 2. The molecule has 0 bridgehead atoms. The third-order valence-corrected chi connectivity index (χ3v) is 3.94. The van der Waals surface area contributed by atoms with Crippen molar-refractivity contribution in [2.45, 2.75) is 6.04 Å². The number of halogens is 2. The van der Waals surface area contributed by atoms with E-state index in [2.05, 4.69) is 15.9 Å². The fourth-order valence-electron chi connectivity index (χ4n) is 1.44. The van der Waals surface area contributed by atoms with Gasteiger partial charge in [0, 0.05) is 14.9 Å². The first-order valence-electron chi connectivity index (χ1n) is 4.56. The van der Waals surface area contributed by atoms with Crippen LogP contribution in [0.25, 0.3) is 0 Å². The highest BCUT2D eigenvalue weighted by Crippen LogP contribution is 2.37. The SMILES string of the molecule is N[C@@H](c1cccs1)c1cc(Br)cc(Cl)c1O. The van der Waals surface area contributed by atoms with Crippen molar-refractivity contribution < 1.29 is 5.11 Å². The van der Waals surface area contributed by atoms with Gasteiger partial charge in [-0.15, -0.1) is 11.3 Å². The highest BCUT2D eigenvalue weighted by atomic mass is 79.9. The molecule has 0 spiro atoms. The van der Waals surface area contributed by atoms with Gasteiger partial charge in [0.1, 0.15) is 5.75 Å². The number of phenols is 1. The molecule has 1 heterocycles. The zero-order valence-electron chi connectivity index (χ0n) is 8.15. The zero-order valence-corrected chi connectivity index (χ0v) is 11.3. The van der Waals surface area contributed by atoms with Crippen molar-refractivity contribution in [3.63, 3.8) is 0 Å². The molecule has 0 saturated heterocycles. The Hall–Kier alpha value is -0.550. The lowest BCUT2D eigenvalue weighted by Crippen LogP contribution is -2.10. The van der Waals surface area contributed by atoms with Gasteiger partial charge in [0.2, 0.25) is 0 Å². The summed E-state index contributed by atoms with van der Waals surface area (Å²) in [7, 11) is 0. The van der Waals surface area contributed by atoms with Crippen LogP contribution in [0.5, 0.6) is 5.75 Å². The van der Waals surface area contributed by atoms with Crippen molar-refractivity contribution in [3.05, 3.63) is 49.6 Å². The molecule has 5 heteroatoms. The van der Waals surface area contributed by atoms with Crippen molar-refractivity contribution in [1.82, 2.24) is 0 Å². The highest BCUT2D eigenvalue weighted by molar-refractivity contribution is 9.10. The second-order valence-electron chi connectivity index (χ2n) is 3.32. The van der Waals surface area contributed by atoms with E-state index in [1.807, 2.05) is 17.5 Å². The Morgan fingerprint density at radius 2 is 2.19 bits per heavy atom. The van der Waals surface area contributed by atoms with E-state index in [1.165, 1.54) is 0 Å². The summed E-state index contributed by atoms with van der Waals surface area (Å²) in [5.41, 5.74) is 6.70. The van der Waals surface area contributed by atoms with E-state index in [1.54, 1.807) is 23.5 Å². The summed E-state index contributed by atoms with van der Waals surface area (Å²) in [6, 6.07) is 6.93. The van der Waals surface area contributed by atoms with Crippen LogP contribution in [0.2, 0.25) is 5.02 Å². The zero-order chi connectivity index (χ0) is 11.7. The summed E-state index contributed by atoms with van der Waals surface area (Å²) in [5, 5.41) is 12.1. The van der Waals surface area contributed by atoms with Gasteiger partial charge in [-0.25, -0.2) is 0 Å². The Morgan fingerprint density at radius 3 is 2.81 bits per heavy atom. The number of hydrogen-bond acceptors (Lipinski definition) is 3. The smallest absolute Gasteiger partial charge is 0.139 e. The van der Waals surface area contributed by atoms with Gasteiger partial charge in [-0.1, -0.05) is 33.6 Å². The minimum Gasteiger partial charge on any atom is -0.506 e. The maximum absolute atomic E-state index is 9.86. The van der Waals surface area contributed by atoms with Crippen LogP contribution in [0.1, 0.15) is 16.5 Å². The van der Waals surface area contributed by atoms with Crippen molar-refractivity contribution in [1.29, 1.82) is 0 Å². The summed E-state index contributed by atoms with van der Waals surface area (Å²) in [6.45, 7) is 0. The lowest BCUT2D eigenvalue weighted by atomic mass is 10.1. The second-order valence-corrected chi connectivity index (χ2v) is 5.62. The molecule has 84 valence electrons. The van der Waals surface area contributed by atoms with Crippen molar-refractivity contribution >= 4 is 38.9 Å². The molecule has 0 aliphatic carbocycles. The average Bonchev–Trinajstić information content (AvgIpc) is 2.75. The Balaban J connectivity index is 2.48. The van der Waals surface area contributed by atoms with Crippen LogP contribution < -0.4 is 5.73 Å². The van der Waals surface area contributed by atoms with Gasteiger partial charge in [-0.05, 0) is 23.6 Å². The fraction of sp³-hybridized carbons (Fsp3) is 0.0909. The monoisotopic (exact) mass is 317 g/mol. The number of phenolic OH excluding ortho intramolecular Hbond substituents is 1. The first-order valence-corrected chi connectivity index (χ1v) is 6.61. The van der Waals surface area contributed by atoms with E-state index < -0.39 is 0 Å². The molecule has 0 aliphatic heterocycles. The topological polar surface area (TPSA) is 46.2 Å². The molecule has 2 nitrogen and oxygen atoms in total. The van der Waals surface area contributed by atoms with Crippen LogP contribution in [0, 0.1) is 0 Å². The van der Waals surface area contributed by atoms with Gasteiger partial charge in [0.05, 0.1) is 11.1 Å². The van der Waals surface area contributed by atoms with Gasteiger partial charge in [-0.2, -0.15) is 0 Å². The first kappa shape index (κ1) is 11.9. The van der Waals surface area contributed by atoms with Crippen LogP contribution in [0.4, 0.5) is 0 Å². The molecule has 0 saturated carbocycles. The van der Waals surface area contributed by atoms with E-state index in [9.17, 15) is 5.11 Å². The Labute approximate surface area is 111 Å². The summed E-state index contributed by atoms with van der Waals surface area (Å²) < 4.78 is 0.803. The average molecular weight is 319 g/mol. The van der Waals surface area contributed by atoms with E-state index in [0.717, 1.165) is 9.35 Å². The summed E-state index contributed by atoms with van der Waals surface area (Å²) in [6.07, 6.45) is 0. The number of thiophene rings is 1. The van der Waals surface area contributed by atoms with Crippen LogP contribution in [-0.2, 0) is 0 Å². The molecule has 1 atom stereocenters. The van der Waals surface area contributed by atoms with Crippen LogP contribution in [0.3, 0.4) is 0 Å². The lowest BCUT2D eigenvalue weighted by molar-refractivity contribution is 0.465. The molecular weight excluding hydrogens is 310 g/mol. The lowest BCUT2D eigenvalue weighted by Gasteiger charge is -2.13. The predicted octanol–water partition coefficient (Wildman–Crippen LogP) is 3.92. The highest BCUT2D eigenvalue weighted by Gasteiger charge is 2.16. The minimum atomic E-state index is -0.352. The summed E-state index contributed by atoms with van der Waals surface area (Å²) in [5.74, 6) is 0.0470. The second kappa shape index (κ2) is 4.75. The van der Waals surface area contributed by atoms with Gasteiger partial charge in [0.25, 0.3) is 0 Å². The molecule has 0 radical (unpaired) electrons. The third-order valence-electron chi connectivity index (χ3n) is 2.24. The third kappa shape index (κ3) is 2.25.